The third kappa shape index (κ3) is 1.54. The lowest BCUT2D eigenvalue weighted by Crippen LogP contribution is -2.24. The van der Waals surface area contributed by atoms with Crippen molar-refractivity contribution in [1.82, 2.24) is 10.6 Å². The molecule has 1 heterocycles. The Morgan fingerprint density at radius 2 is 2.57 bits per heavy atom. The quantitative estimate of drug-likeness (QED) is 0.470. The molecule has 0 saturated carbocycles. The molecule has 1 unspecified atom stereocenters. The molecule has 7 heavy (non-hydrogen) atoms. The van der Waals surface area contributed by atoms with Crippen LogP contribution in [0.2, 0.25) is 0 Å². The first-order valence-electron chi connectivity index (χ1n) is 2.43. The van der Waals surface area contributed by atoms with Crippen molar-refractivity contribution in [1.29, 1.82) is 0 Å². The van der Waals surface area contributed by atoms with E-state index in [-0.39, 0.29) is 0 Å². The molecule has 0 aromatic carbocycles. The van der Waals surface area contributed by atoms with Crippen LogP contribution in [0.15, 0.2) is 0 Å². The van der Waals surface area contributed by atoms with Gasteiger partial charge in [-0.05, 0) is 0 Å². The van der Waals surface area contributed by atoms with E-state index in [9.17, 15) is 0 Å². The van der Waals surface area contributed by atoms with Crippen molar-refractivity contribution in [2.45, 2.75) is 6.04 Å². The van der Waals surface area contributed by atoms with E-state index >= 15 is 0 Å². The van der Waals surface area contributed by atoms with Crippen molar-refractivity contribution in [2.75, 3.05) is 17.6 Å². The highest BCUT2D eigenvalue weighted by atomic mass is 127. The lowest BCUT2D eigenvalue weighted by Gasteiger charge is -1.99. The molecule has 1 saturated heterocycles. The molecule has 1 fully saturated rings. The topological polar surface area (TPSA) is 24.1 Å². The summed E-state index contributed by atoms with van der Waals surface area (Å²) in [7, 11) is 0. The zero-order valence-electron chi connectivity index (χ0n) is 4.08. The first-order chi connectivity index (χ1) is 3.43. The number of halogens is 1. The molecule has 2 N–H and O–H groups in total. The Morgan fingerprint density at radius 3 is 2.86 bits per heavy atom. The highest BCUT2D eigenvalue weighted by Gasteiger charge is 2.09. The molecule has 0 spiro atoms. The van der Waals surface area contributed by atoms with Gasteiger partial charge in [0.25, 0.3) is 0 Å². The van der Waals surface area contributed by atoms with Gasteiger partial charge in [0.05, 0.1) is 0 Å². The predicted octanol–water partition coefficient (Wildman–Crippen LogP) is -0.0597. The SMILES string of the molecule is ICC1CNCN1. The molecular weight excluding hydrogens is 203 g/mol. The summed E-state index contributed by atoms with van der Waals surface area (Å²) in [5.74, 6) is 0. The second-order valence-electron chi connectivity index (χ2n) is 1.69. The first-order valence-corrected chi connectivity index (χ1v) is 3.96. The van der Waals surface area contributed by atoms with Crippen LogP contribution in [0.1, 0.15) is 0 Å². The molecule has 3 heteroatoms. The van der Waals surface area contributed by atoms with Crippen LogP contribution in [-0.2, 0) is 0 Å². The van der Waals surface area contributed by atoms with E-state index in [4.69, 9.17) is 0 Å². The highest BCUT2D eigenvalue weighted by molar-refractivity contribution is 14.1. The van der Waals surface area contributed by atoms with Crippen molar-refractivity contribution < 1.29 is 0 Å². The second-order valence-corrected chi connectivity index (χ2v) is 2.57. The van der Waals surface area contributed by atoms with Gasteiger partial charge >= 0.3 is 0 Å². The molecule has 2 nitrogen and oxygen atoms in total. The van der Waals surface area contributed by atoms with Crippen LogP contribution in [0, 0.1) is 0 Å². The van der Waals surface area contributed by atoms with Crippen LogP contribution in [0.25, 0.3) is 0 Å². The third-order valence-corrected chi connectivity index (χ3v) is 2.16. The molecule has 0 radical (unpaired) electrons. The molecule has 0 aliphatic carbocycles. The lowest BCUT2D eigenvalue weighted by atomic mass is 10.4. The smallest absolute Gasteiger partial charge is 0.0457 e. The molecule has 1 rings (SSSR count). The average molecular weight is 212 g/mol. The fourth-order valence-electron chi connectivity index (χ4n) is 0.644. The molecule has 0 amide bonds. The van der Waals surface area contributed by atoms with E-state index in [1.807, 2.05) is 0 Å². The van der Waals surface area contributed by atoms with Gasteiger partial charge in [-0.3, -0.25) is 5.32 Å². The summed E-state index contributed by atoms with van der Waals surface area (Å²) in [5.41, 5.74) is 0. The Hall–Kier alpha value is 0.650. The summed E-state index contributed by atoms with van der Waals surface area (Å²) in [5, 5.41) is 6.49. The molecule has 0 aromatic rings. The average Bonchev–Trinajstić information content (AvgIpc) is 2.14. The predicted molar refractivity (Wildman–Crippen MR) is 38.7 cm³/mol. The van der Waals surface area contributed by atoms with E-state index in [1.165, 1.54) is 4.43 Å². The summed E-state index contributed by atoms with van der Waals surface area (Å²) < 4.78 is 1.21. The van der Waals surface area contributed by atoms with Gasteiger partial charge in [0.1, 0.15) is 0 Å². The van der Waals surface area contributed by atoms with Gasteiger partial charge in [0.15, 0.2) is 0 Å². The standard InChI is InChI=1S/C4H9IN2/c5-1-4-2-6-3-7-4/h4,6-7H,1-3H2. The van der Waals surface area contributed by atoms with E-state index in [1.54, 1.807) is 0 Å². The Bertz CT molecular complexity index is 51.7. The van der Waals surface area contributed by atoms with Crippen LogP contribution in [-0.4, -0.2) is 23.7 Å². The minimum Gasteiger partial charge on any atom is -0.303 e. The first kappa shape index (κ1) is 5.78. The maximum atomic E-state index is 3.29. The van der Waals surface area contributed by atoms with Crippen LogP contribution < -0.4 is 10.6 Å². The minimum absolute atomic E-state index is 0.723. The number of hydrogen-bond acceptors (Lipinski definition) is 2. The van der Waals surface area contributed by atoms with Gasteiger partial charge < -0.3 is 5.32 Å². The summed E-state index contributed by atoms with van der Waals surface area (Å²) >= 11 is 2.39. The molecule has 1 atom stereocenters. The maximum Gasteiger partial charge on any atom is 0.0457 e. The van der Waals surface area contributed by atoms with Crippen LogP contribution in [0.3, 0.4) is 0 Å². The minimum atomic E-state index is 0.723. The highest BCUT2D eigenvalue weighted by Crippen LogP contribution is 1.92. The Kier molecular flexibility index (Phi) is 2.34. The van der Waals surface area contributed by atoms with Gasteiger partial charge in [-0.25, -0.2) is 0 Å². The van der Waals surface area contributed by atoms with Crippen LogP contribution >= 0.6 is 22.6 Å². The summed E-state index contributed by atoms with van der Waals surface area (Å²) in [6.45, 7) is 2.14. The van der Waals surface area contributed by atoms with E-state index in [0.29, 0.717) is 0 Å². The molecular formula is C4H9IN2. The monoisotopic (exact) mass is 212 g/mol. The van der Waals surface area contributed by atoms with Gasteiger partial charge in [-0.1, -0.05) is 22.6 Å². The molecule has 0 bridgehead atoms. The van der Waals surface area contributed by atoms with Gasteiger partial charge in [-0.15, -0.1) is 0 Å². The molecule has 42 valence electrons. The van der Waals surface area contributed by atoms with Crippen LogP contribution in [0.4, 0.5) is 0 Å². The Labute approximate surface area is 57.2 Å². The Morgan fingerprint density at radius 1 is 1.71 bits per heavy atom. The molecule has 1 aliphatic rings. The van der Waals surface area contributed by atoms with Crippen molar-refractivity contribution in [3.8, 4) is 0 Å². The lowest BCUT2D eigenvalue weighted by molar-refractivity contribution is 0.709. The van der Waals surface area contributed by atoms with E-state index in [2.05, 4.69) is 33.2 Å². The zero-order chi connectivity index (χ0) is 5.11. The van der Waals surface area contributed by atoms with Gasteiger partial charge in [0.2, 0.25) is 0 Å². The van der Waals surface area contributed by atoms with Gasteiger partial charge in [0, 0.05) is 23.7 Å². The number of hydrogen-bond donors (Lipinski definition) is 2. The summed E-state index contributed by atoms with van der Waals surface area (Å²) in [6.07, 6.45) is 0. The number of alkyl halides is 1. The number of nitrogens with one attached hydrogen (secondary N) is 2. The zero-order valence-corrected chi connectivity index (χ0v) is 6.23. The van der Waals surface area contributed by atoms with Crippen molar-refractivity contribution in [3.63, 3.8) is 0 Å². The summed E-state index contributed by atoms with van der Waals surface area (Å²) in [4.78, 5) is 0. The fraction of sp³-hybridized carbons (Fsp3) is 1.00. The molecule has 1 aliphatic heterocycles. The van der Waals surface area contributed by atoms with Crippen LogP contribution in [0.5, 0.6) is 0 Å². The maximum absolute atomic E-state index is 3.29. The van der Waals surface area contributed by atoms with Crippen molar-refractivity contribution in [2.24, 2.45) is 0 Å². The number of rotatable bonds is 1. The van der Waals surface area contributed by atoms with Crippen molar-refractivity contribution in [3.05, 3.63) is 0 Å². The van der Waals surface area contributed by atoms with E-state index < -0.39 is 0 Å². The van der Waals surface area contributed by atoms with E-state index in [0.717, 1.165) is 19.3 Å². The second kappa shape index (κ2) is 2.84. The third-order valence-electron chi connectivity index (χ3n) is 1.09. The fourth-order valence-corrected chi connectivity index (χ4v) is 1.27. The molecule has 0 aromatic heterocycles. The van der Waals surface area contributed by atoms with Crippen molar-refractivity contribution >= 4 is 22.6 Å². The Balaban J connectivity index is 2.14. The summed E-state index contributed by atoms with van der Waals surface area (Å²) in [6, 6.07) is 0.723. The normalized spacial score (nSPS) is 31.3. The largest absolute Gasteiger partial charge is 0.303 e. The van der Waals surface area contributed by atoms with Gasteiger partial charge in [-0.2, -0.15) is 0 Å².